The quantitative estimate of drug-likeness (QED) is 0.373. The van der Waals surface area contributed by atoms with Gasteiger partial charge >= 0.3 is 0 Å². The second-order valence-corrected chi connectivity index (χ2v) is 9.68. The fourth-order valence-electron chi connectivity index (χ4n) is 3.46. The van der Waals surface area contributed by atoms with Gasteiger partial charge in [-0.25, -0.2) is 13.4 Å². The van der Waals surface area contributed by atoms with Gasteiger partial charge in [0.1, 0.15) is 11.5 Å². The van der Waals surface area contributed by atoms with E-state index in [0.29, 0.717) is 39.8 Å². The molecule has 0 atom stereocenters. The standard InChI is InChI=1S/C26H24N2O6S/c1-17-22(16-35(30,31)21-7-5-4-6-8-21)28-26(34-17)19-11-9-18(10-12-19)25(29)27-20-13-14-23(32-2)24(15-20)33-3/h4-15H,16H2,1-3H3,(H,27,29). The number of amides is 1. The van der Waals surface area contributed by atoms with Gasteiger partial charge in [-0.15, -0.1) is 0 Å². The molecule has 1 heterocycles. The lowest BCUT2D eigenvalue weighted by Crippen LogP contribution is -2.11. The van der Waals surface area contributed by atoms with E-state index in [1.807, 2.05) is 0 Å². The minimum absolute atomic E-state index is 0.230. The first kappa shape index (κ1) is 24.0. The fraction of sp³-hybridized carbons (Fsp3) is 0.154. The van der Waals surface area contributed by atoms with Crippen molar-refractivity contribution in [1.82, 2.24) is 4.98 Å². The van der Waals surface area contributed by atoms with E-state index in [0.717, 1.165) is 0 Å². The number of nitrogens with one attached hydrogen (secondary N) is 1. The van der Waals surface area contributed by atoms with Crippen LogP contribution in [0.4, 0.5) is 5.69 Å². The maximum absolute atomic E-state index is 12.7. The highest BCUT2D eigenvalue weighted by atomic mass is 32.2. The Kier molecular flexibility index (Phi) is 6.88. The Hall–Kier alpha value is -4.11. The van der Waals surface area contributed by atoms with Gasteiger partial charge in [0, 0.05) is 22.9 Å². The number of ether oxygens (including phenoxy) is 2. The summed E-state index contributed by atoms with van der Waals surface area (Å²) in [6.45, 7) is 1.68. The number of aryl methyl sites for hydroxylation is 1. The summed E-state index contributed by atoms with van der Waals surface area (Å²) in [5, 5.41) is 2.82. The normalized spacial score (nSPS) is 11.2. The predicted octanol–water partition coefficient (Wildman–Crippen LogP) is 4.89. The second-order valence-electron chi connectivity index (χ2n) is 7.70. The molecule has 0 saturated heterocycles. The Balaban J connectivity index is 1.49. The van der Waals surface area contributed by atoms with E-state index < -0.39 is 9.84 Å². The van der Waals surface area contributed by atoms with E-state index in [1.54, 1.807) is 79.7 Å². The van der Waals surface area contributed by atoms with E-state index in [1.165, 1.54) is 14.2 Å². The number of hydrogen-bond donors (Lipinski definition) is 1. The van der Waals surface area contributed by atoms with E-state index >= 15 is 0 Å². The second kappa shape index (κ2) is 10.0. The number of aromatic nitrogens is 1. The number of hydrogen-bond acceptors (Lipinski definition) is 7. The maximum atomic E-state index is 12.7. The molecule has 0 bridgehead atoms. The smallest absolute Gasteiger partial charge is 0.255 e. The van der Waals surface area contributed by atoms with Crippen LogP contribution < -0.4 is 14.8 Å². The first-order chi connectivity index (χ1) is 16.8. The van der Waals surface area contributed by atoms with Gasteiger partial charge in [0.2, 0.25) is 5.89 Å². The summed E-state index contributed by atoms with van der Waals surface area (Å²) < 4.78 is 41.6. The van der Waals surface area contributed by atoms with Gasteiger partial charge in [0.15, 0.2) is 21.3 Å². The van der Waals surface area contributed by atoms with E-state index in [2.05, 4.69) is 10.3 Å². The van der Waals surface area contributed by atoms with Crippen molar-refractivity contribution in [2.24, 2.45) is 0 Å². The van der Waals surface area contributed by atoms with Crippen molar-refractivity contribution in [2.75, 3.05) is 19.5 Å². The molecule has 4 aromatic rings. The number of methoxy groups -OCH3 is 2. The SMILES string of the molecule is COc1ccc(NC(=O)c2ccc(-c3nc(CS(=O)(=O)c4ccccc4)c(C)o3)cc2)cc1OC. The molecule has 35 heavy (non-hydrogen) atoms. The van der Waals surface area contributed by atoms with Crippen molar-refractivity contribution in [3.63, 3.8) is 0 Å². The summed E-state index contributed by atoms with van der Waals surface area (Å²) >= 11 is 0. The summed E-state index contributed by atoms with van der Waals surface area (Å²) in [6, 6.07) is 20.0. The van der Waals surface area contributed by atoms with Crippen LogP contribution in [-0.4, -0.2) is 33.5 Å². The van der Waals surface area contributed by atoms with Crippen LogP contribution in [-0.2, 0) is 15.6 Å². The van der Waals surface area contributed by atoms with Crippen LogP contribution in [0.1, 0.15) is 21.8 Å². The van der Waals surface area contributed by atoms with Gasteiger partial charge in [0.25, 0.3) is 5.91 Å². The third kappa shape index (κ3) is 5.36. The molecule has 0 fully saturated rings. The molecular weight excluding hydrogens is 468 g/mol. The maximum Gasteiger partial charge on any atom is 0.255 e. The highest BCUT2D eigenvalue weighted by Gasteiger charge is 2.21. The fourth-order valence-corrected chi connectivity index (χ4v) is 4.82. The molecule has 1 N–H and O–H groups in total. The number of carbonyl (C=O) groups excluding carboxylic acids is 1. The largest absolute Gasteiger partial charge is 0.493 e. The van der Waals surface area contributed by atoms with Gasteiger partial charge in [-0.3, -0.25) is 4.79 Å². The summed E-state index contributed by atoms with van der Waals surface area (Å²) in [6.07, 6.45) is 0. The Labute approximate surface area is 203 Å². The van der Waals surface area contributed by atoms with Gasteiger partial charge in [-0.1, -0.05) is 18.2 Å². The first-order valence-electron chi connectivity index (χ1n) is 10.7. The topological polar surface area (TPSA) is 108 Å². The van der Waals surface area contributed by atoms with Crippen LogP contribution in [0.5, 0.6) is 11.5 Å². The van der Waals surface area contributed by atoms with Crippen LogP contribution in [0.3, 0.4) is 0 Å². The zero-order valence-corrected chi connectivity index (χ0v) is 20.3. The molecular formula is C26H24N2O6S. The summed E-state index contributed by atoms with van der Waals surface area (Å²) in [4.78, 5) is 17.3. The molecule has 0 aliphatic carbocycles. The van der Waals surface area contributed by atoms with Crippen molar-refractivity contribution < 1.29 is 27.1 Å². The molecule has 1 aromatic heterocycles. The first-order valence-corrected chi connectivity index (χ1v) is 12.3. The summed E-state index contributed by atoms with van der Waals surface area (Å²) in [5.74, 6) is 1.21. The molecule has 0 radical (unpaired) electrons. The molecule has 8 nitrogen and oxygen atoms in total. The van der Waals surface area contributed by atoms with Crippen molar-refractivity contribution in [3.8, 4) is 23.0 Å². The average molecular weight is 493 g/mol. The lowest BCUT2D eigenvalue weighted by Gasteiger charge is -2.10. The van der Waals surface area contributed by atoms with Crippen LogP contribution in [0.2, 0.25) is 0 Å². The molecule has 0 aliphatic rings. The summed E-state index contributed by atoms with van der Waals surface area (Å²) in [5.41, 5.74) is 1.96. The minimum atomic E-state index is -3.55. The Morgan fingerprint density at radius 1 is 0.943 bits per heavy atom. The molecule has 0 saturated carbocycles. The zero-order valence-electron chi connectivity index (χ0n) is 19.4. The predicted molar refractivity (Wildman–Crippen MR) is 132 cm³/mol. The van der Waals surface area contributed by atoms with Crippen molar-refractivity contribution >= 4 is 21.4 Å². The van der Waals surface area contributed by atoms with E-state index in [4.69, 9.17) is 13.9 Å². The lowest BCUT2D eigenvalue weighted by atomic mass is 10.1. The highest BCUT2D eigenvalue weighted by molar-refractivity contribution is 7.90. The van der Waals surface area contributed by atoms with Crippen LogP contribution >= 0.6 is 0 Å². The highest BCUT2D eigenvalue weighted by Crippen LogP contribution is 2.30. The molecule has 180 valence electrons. The number of benzene rings is 3. The molecule has 0 spiro atoms. The van der Waals surface area contributed by atoms with Crippen LogP contribution in [0.15, 0.2) is 82.1 Å². The number of carbonyl (C=O) groups is 1. The third-order valence-corrected chi connectivity index (χ3v) is 7.00. The number of sulfone groups is 1. The van der Waals surface area contributed by atoms with Crippen molar-refractivity contribution in [2.45, 2.75) is 17.6 Å². The van der Waals surface area contributed by atoms with Crippen LogP contribution in [0, 0.1) is 6.92 Å². The molecule has 1 amide bonds. The van der Waals surface area contributed by atoms with Gasteiger partial charge in [0.05, 0.1) is 24.8 Å². The monoisotopic (exact) mass is 492 g/mol. The minimum Gasteiger partial charge on any atom is -0.493 e. The number of nitrogens with zero attached hydrogens (tertiary/aromatic N) is 1. The van der Waals surface area contributed by atoms with Gasteiger partial charge in [-0.05, 0) is 55.5 Å². The van der Waals surface area contributed by atoms with Crippen molar-refractivity contribution in [1.29, 1.82) is 0 Å². The number of oxazole rings is 1. The van der Waals surface area contributed by atoms with E-state index in [-0.39, 0.29) is 22.4 Å². The Morgan fingerprint density at radius 2 is 1.63 bits per heavy atom. The lowest BCUT2D eigenvalue weighted by molar-refractivity contribution is 0.102. The van der Waals surface area contributed by atoms with Gasteiger partial charge in [-0.2, -0.15) is 0 Å². The molecule has 0 aliphatic heterocycles. The van der Waals surface area contributed by atoms with Gasteiger partial charge < -0.3 is 19.2 Å². The Morgan fingerprint density at radius 3 is 2.29 bits per heavy atom. The molecule has 4 rings (SSSR count). The van der Waals surface area contributed by atoms with Crippen LogP contribution in [0.25, 0.3) is 11.5 Å². The molecule has 9 heteroatoms. The average Bonchev–Trinajstić information content (AvgIpc) is 3.23. The zero-order chi connectivity index (χ0) is 25.0. The van der Waals surface area contributed by atoms with E-state index in [9.17, 15) is 13.2 Å². The summed E-state index contributed by atoms with van der Waals surface area (Å²) in [7, 11) is -0.491. The third-order valence-electron chi connectivity index (χ3n) is 5.36. The Bertz CT molecular complexity index is 1450. The van der Waals surface area contributed by atoms with Crippen molar-refractivity contribution in [3.05, 3.63) is 89.8 Å². The molecule has 0 unspecified atom stereocenters. The number of anilines is 1. The molecule has 3 aromatic carbocycles. The number of rotatable bonds is 8.